The molecule has 0 heterocycles. The molecular formula is C30H27N3O4. The van der Waals surface area contributed by atoms with Gasteiger partial charge in [0.15, 0.2) is 0 Å². The fraction of sp³-hybridized carbons (Fsp3) is 0.0667. The minimum absolute atomic E-state index is 0.285. The van der Waals surface area contributed by atoms with E-state index in [0.717, 1.165) is 5.56 Å². The normalized spacial score (nSPS) is 10.9. The number of amides is 2. The van der Waals surface area contributed by atoms with E-state index in [2.05, 4.69) is 10.6 Å². The van der Waals surface area contributed by atoms with E-state index in [1.165, 1.54) is 7.11 Å². The Balaban J connectivity index is 1.66. The number of rotatable bonds is 8. The van der Waals surface area contributed by atoms with E-state index in [4.69, 9.17) is 15.2 Å². The van der Waals surface area contributed by atoms with Crippen molar-refractivity contribution in [3.05, 3.63) is 114 Å². The lowest BCUT2D eigenvalue weighted by atomic mass is 9.99. The van der Waals surface area contributed by atoms with Crippen LogP contribution in [-0.4, -0.2) is 26.0 Å². The van der Waals surface area contributed by atoms with Gasteiger partial charge in [-0.15, -0.1) is 0 Å². The molecule has 0 atom stereocenters. The largest absolute Gasteiger partial charge is 0.497 e. The Kier molecular flexibility index (Phi) is 7.85. The van der Waals surface area contributed by atoms with Crippen LogP contribution < -0.4 is 25.8 Å². The third-order valence-corrected chi connectivity index (χ3v) is 5.67. The smallest absolute Gasteiger partial charge is 0.256 e. The maximum atomic E-state index is 13.4. The zero-order valence-electron chi connectivity index (χ0n) is 20.5. The molecule has 0 fully saturated rings. The van der Waals surface area contributed by atoms with Gasteiger partial charge in [0, 0.05) is 22.9 Å². The van der Waals surface area contributed by atoms with Gasteiger partial charge in [-0.1, -0.05) is 42.5 Å². The van der Waals surface area contributed by atoms with Gasteiger partial charge in [-0.25, -0.2) is 0 Å². The minimum atomic E-state index is -0.309. The fourth-order valence-corrected chi connectivity index (χ4v) is 3.71. The molecule has 0 aliphatic carbocycles. The van der Waals surface area contributed by atoms with Gasteiger partial charge >= 0.3 is 0 Å². The summed E-state index contributed by atoms with van der Waals surface area (Å²) in [5.74, 6) is 0.506. The summed E-state index contributed by atoms with van der Waals surface area (Å²) >= 11 is 0. The van der Waals surface area contributed by atoms with Gasteiger partial charge in [0.1, 0.15) is 11.5 Å². The molecule has 0 aliphatic heterocycles. The highest BCUT2D eigenvalue weighted by Gasteiger charge is 2.18. The quantitative estimate of drug-likeness (QED) is 0.166. The number of nitrogens with one attached hydrogen (secondary N) is 2. The predicted molar refractivity (Wildman–Crippen MR) is 148 cm³/mol. The number of ether oxygens (including phenoxy) is 2. The monoisotopic (exact) mass is 493 g/mol. The number of benzene rings is 4. The molecule has 0 spiro atoms. The average Bonchev–Trinajstić information content (AvgIpc) is 2.93. The Morgan fingerprint density at radius 1 is 0.784 bits per heavy atom. The summed E-state index contributed by atoms with van der Waals surface area (Å²) in [7, 11) is 3.11. The van der Waals surface area contributed by atoms with Crippen LogP contribution in [0.4, 0.5) is 17.1 Å². The number of hydrogen-bond donors (Lipinski definition) is 3. The number of hydrogen-bond acceptors (Lipinski definition) is 5. The number of methoxy groups -OCH3 is 2. The third-order valence-electron chi connectivity index (χ3n) is 5.67. The molecule has 186 valence electrons. The van der Waals surface area contributed by atoms with Crippen LogP contribution in [0.1, 0.15) is 21.5 Å². The first-order valence-electron chi connectivity index (χ1n) is 11.5. The average molecular weight is 494 g/mol. The van der Waals surface area contributed by atoms with E-state index in [-0.39, 0.29) is 11.8 Å². The molecule has 4 rings (SSSR count). The van der Waals surface area contributed by atoms with Crippen LogP contribution in [0.15, 0.2) is 97.1 Å². The zero-order valence-corrected chi connectivity index (χ0v) is 20.5. The summed E-state index contributed by atoms with van der Waals surface area (Å²) in [4.78, 5) is 26.1. The van der Waals surface area contributed by atoms with E-state index < -0.39 is 0 Å². The van der Waals surface area contributed by atoms with Crippen LogP contribution in [0.2, 0.25) is 0 Å². The lowest BCUT2D eigenvalue weighted by Gasteiger charge is -2.14. The van der Waals surface area contributed by atoms with Crippen molar-refractivity contribution in [3.63, 3.8) is 0 Å². The summed E-state index contributed by atoms with van der Waals surface area (Å²) < 4.78 is 10.9. The van der Waals surface area contributed by atoms with Gasteiger partial charge in [0.25, 0.3) is 11.8 Å². The lowest BCUT2D eigenvalue weighted by molar-refractivity contribution is -0.111. The molecule has 2 amide bonds. The highest BCUT2D eigenvalue weighted by molar-refractivity contribution is 6.29. The van der Waals surface area contributed by atoms with Gasteiger partial charge in [-0.05, 0) is 60.2 Å². The molecule has 4 aromatic rings. The molecule has 7 heteroatoms. The number of anilines is 3. The molecule has 0 aliphatic rings. The van der Waals surface area contributed by atoms with E-state index in [1.807, 2.05) is 30.3 Å². The van der Waals surface area contributed by atoms with Crippen molar-refractivity contribution >= 4 is 40.5 Å². The highest BCUT2D eigenvalue weighted by Crippen LogP contribution is 2.32. The molecule has 0 saturated heterocycles. The second kappa shape index (κ2) is 11.6. The summed E-state index contributed by atoms with van der Waals surface area (Å²) in [5.41, 5.74) is 9.79. The molecule has 0 aromatic heterocycles. The van der Waals surface area contributed by atoms with Gasteiger partial charge in [0.2, 0.25) is 0 Å². The van der Waals surface area contributed by atoms with Crippen molar-refractivity contribution in [1.82, 2.24) is 0 Å². The van der Waals surface area contributed by atoms with E-state index in [1.54, 1.807) is 79.9 Å². The van der Waals surface area contributed by atoms with Crippen molar-refractivity contribution in [2.45, 2.75) is 0 Å². The number of nitrogens with two attached hydrogens (primary N) is 1. The minimum Gasteiger partial charge on any atom is -0.497 e. The number of carbonyl (C=O) groups excluding carboxylic acids is 2. The zero-order chi connectivity index (χ0) is 26.2. The molecule has 0 bridgehead atoms. The van der Waals surface area contributed by atoms with Crippen molar-refractivity contribution in [1.29, 1.82) is 0 Å². The summed E-state index contributed by atoms with van der Waals surface area (Å²) in [6.45, 7) is 0. The van der Waals surface area contributed by atoms with Crippen LogP contribution in [0.5, 0.6) is 11.5 Å². The summed E-state index contributed by atoms with van der Waals surface area (Å²) in [6.07, 6.45) is 1.75. The molecule has 7 nitrogen and oxygen atoms in total. The Hall–Kier alpha value is -5.04. The Labute approximate surface area is 215 Å². The molecule has 0 radical (unpaired) electrons. The standard InChI is InChI=1S/C30H27N3O4/c1-36-23-16-17-24(28(19-23)37-2)25(30(35)32-22-8-4-3-5-9-22)18-20-12-14-21(15-13-20)29(34)33-27-11-7-6-10-26(27)31/h3-19H,31H2,1-2H3,(H,32,35)(H,33,34)/b25-18+. The summed E-state index contributed by atoms with van der Waals surface area (Å²) in [5, 5.41) is 5.74. The molecule has 0 unspecified atom stereocenters. The first-order chi connectivity index (χ1) is 18.0. The van der Waals surface area contributed by atoms with Gasteiger partial charge in [0.05, 0.1) is 31.2 Å². The topological polar surface area (TPSA) is 103 Å². The van der Waals surface area contributed by atoms with Gasteiger partial charge in [-0.3, -0.25) is 9.59 Å². The SMILES string of the molecule is COc1ccc(/C(=C\c2ccc(C(=O)Nc3ccccc3N)cc2)C(=O)Nc2ccccc2)c(OC)c1. The van der Waals surface area contributed by atoms with Gasteiger partial charge in [-0.2, -0.15) is 0 Å². The second-order valence-electron chi connectivity index (χ2n) is 8.11. The van der Waals surface area contributed by atoms with E-state index in [9.17, 15) is 9.59 Å². The number of carbonyl (C=O) groups is 2. The van der Waals surface area contributed by atoms with Crippen molar-refractivity contribution < 1.29 is 19.1 Å². The predicted octanol–water partition coefficient (Wildman–Crippen LogP) is 5.72. The van der Waals surface area contributed by atoms with Crippen LogP contribution in [0, 0.1) is 0 Å². The Morgan fingerprint density at radius 3 is 2.16 bits per heavy atom. The molecular weight excluding hydrogens is 466 g/mol. The fourth-order valence-electron chi connectivity index (χ4n) is 3.71. The highest BCUT2D eigenvalue weighted by atomic mass is 16.5. The molecule has 4 aromatic carbocycles. The van der Waals surface area contributed by atoms with Gasteiger partial charge < -0.3 is 25.8 Å². The summed E-state index contributed by atoms with van der Waals surface area (Å²) in [6, 6.07) is 28.5. The van der Waals surface area contributed by atoms with Crippen molar-refractivity contribution in [2.24, 2.45) is 0 Å². The lowest BCUT2D eigenvalue weighted by Crippen LogP contribution is -2.14. The number of nitrogen functional groups attached to an aromatic ring is 1. The third kappa shape index (κ3) is 6.15. The van der Waals surface area contributed by atoms with Crippen LogP contribution >= 0.6 is 0 Å². The molecule has 37 heavy (non-hydrogen) atoms. The first kappa shape index (κ1) is 25.1. The van der Waals surface area contributed by atoms with Crippen LogP contribution in [0.25, 0.3) is 11.6 Å². The Bertz CT molecular complexity index is 1430. The van der Waals surface area contributed by atoms with Crippen molar-refractivity contribution in [2.75, 3.05) is 30.6 Å². The van der Waals surface area contributed by atoms with Crippen LogP contribution in [0.3, 0.4) is 0 Å². The first-order valence-corrected chi connectivity index (χ1v) is 11.5. The van der Waals surface area contributed by atoms with E-state index in [0.29, 0.717) is 45.3 Å². The second-order valence-corrected chi connectivity index (χ2v) is 8.11. The molecule has 0 saturated carbocycles. The number of para-hydroxylation sites is 3. The Morgan fingerprint density at radius 2 is 1.49 bits per heavy atom. The van der Waals surface area contributed by atoms with Crippen LogP contribution in [-0.2, 0) is 4.79 Å². The van der Waals surface area contributed by atoms with Crippen molar-refractivity contribution in [3.8, 4) is 11.5 Å². The van der Waals surface area contributed by atoms with E-state index >= 15 is 0 Å². The molecule has 4 N–H and O–H groups in total. The maximum absolute atomic E-state index is 13.4. The maximum Gasteiger partial charge on any atom is 0.256 e.